The first-order valence-corrected chi connectivity index (χ1v) is 11.1. The predicted octanol–water partition coefficient (Wildman–Crippen LogP) is 5.73. The van der Waals surface area contributed by atoms with Gasteiger partial charge in [-0.2, -0.15) is 0 Å². The van der Waals surface area contributed by atoms with Crippen LogP contribution in [-0.2, 0) is 12.0 Å². The van der Waals surface area contributed by atoms with Crippen LogP contribution in [0.4, 0.5) is 4.79 Å². The van der Waals surface area contributed by atoms with Crippen LogP contribution in [0.25, 0.3) is 33.4 Å². The van der Waals surface area contributed by atoms with Gasteiger partial charge in [0.05, 0.1) is 22.2 Å². The van der Waals surface area contributed by atoms with E-state index in [0.717, 1.165) is 41.6 Å². The van der Waals surface area contributed by atoms with Crippen molar-refractivity contribution in [2.75, 3.05) is 0 Å². The van der Waals surface area contributed by atoms with E-state index in [0.29, 0.717) is 28.7 Å². The second-order valence-electron chi connectivity index (χ2n) is 8.43. The molecule has 4 aromatic rings. The summed E-state index contributed by atoms with van der Waals surface area (Å²) in [6.07, 6.45) is 3.77. The molecular formula is C27H24N2O4. The smallest absolute Gasteiger partial charge is 0.405 e. The number of benzene rings is 2. The molecule has 0 radical (unpaired) electrons. The van der Waals surface area contributed by atoms with E-state index in [1.165, 1.54) is 0 Å². The van der Waals surface area contributed by atoms with Crippen molar-refractivity contribution in [2.45, 2.75) is 38.1 Å². The number of carboxylic acid groups (broad SMARTS) is 1. The van der Waals surface area contributed by atoms with Crippen LogP contribution in [-0.4, -0.2) is 16.2 Å². The fourth-order valence-corrected chi connectivity index (χ4v) is 4.66. The van der Waals surface area contributed by atoms with Gasteiger partial charge in [0.2, 0.25) is 5.43 Å². The normalized spacial score (nSPS) is 14.6. The summed E-state index contributed by atoms with van der Waals surface area (Å²) in [7, 11) is 0. The van der Waals surface area contributed by atoms with Gasteiger partial charge in [-0.05, 0) is 42.9 Å². The van der Waals surface area contributed by atoms with Crippen molar-refractivity contribution >= 4 is 17.1 Å². The lowest BCUT2D eigenvalue weighted by molar-refractivity contribution is 0.144. The van der Waals surface area contributed by atoms with Gasteiger partial charge in [0.1, 0.15) is 5.76 Å². The summed E-state index contributed by atoms with van der Waals surface area (Å²) in [4.78, 5) is 29.4. The number of nitrogens with one attached hydrogen (secondary N) is 1. The minimum atomic E-state index is -1.03. The van der Waals surface area contributed by atoms with Crippen molar-refractivity contribution in [1.29, 1.82) is 0 Å². The summed E-state index contributed by atoms with van der Waals surface area (Å²) in [5.74, 6) is 0.505. The molecule has 5 rings (SSSR count). The van der Waals surface area contributed by atoms with Crippen LogP contribution in [0.2, 0.25) is 0 Å². The van der Waals surface area contributed by atoms with Crippen molar-refractivity contribution in [3.8, 4) is 22.5 Å². The van der Waals surface area contributed by atoms with E-state index < -0.39 is 11.6 Å². The number of fused-ring (bicyclic) bond motifs is 1. The number of pyridine rings is 1. The maximum atomic E-state index is 13.7. The molecule has 1 fully saturated rings. The highest BCUT2D eigenvalue weighted by atomic mass is 16.4. The van der Waals surface area contributed by atoms with Gasteiger partial charge in [0, 0.05) is 11.8 Å². The Morgan fingerprint density at radius 2 is 1.79 bits per heavy atom. The number of hydrogen-bond donors (Lipinski definition) is 2. The Balaban J connectivity index is 1.70. The van der Waals surface area contributed by atoms with Gasteiger partial charge < -0.3 is 14.8 Å². The molecule has 166 valence electrons. The van der Waals surface area contributed by atoms with Gasteiger partial charge in [0.25, 0.3) is 0 Å². The Morgan fingerprint density at radius 3 is 2.39 bits per heavy atom. The fraction of sp³-hybridized carbons (Fsp3) is 0.222. The Kier molecular flexibility index (Phi) is 5.21. The summed E-state index contributed by atoms with van der Waals surface area (Å²) in [5.41, 5.74) is 3.53. The summed E-state index contributed by atoms with van der Waals surface area (Å²) >= 11 is 0. The lowest BCUT2D eigenvalue weighted by Gasteiger charge is -2.42. The van der Waals surface area contributed by atoms with Crippen LogP contribution in [0.1, 0.15) is 37.4 Å². The SMILES string of the molecule is CCc1nccc2c(=O)c(-c3ccc(C4(NC(=O)O)CCC4)cc3)c(-c3ccccc3)oc12. The standard InChI is InChI=1S/C27H24N2O4/c1-2-21-25-20(13-16-28-21)23(30)22(24(33-25)18-7-4-3-5-8-18)17-9-11-19(12-10-17)27(14-6-15-27)29-26(31)32/h3-5,7-13,16,29H,2,6,14-15H2,1H3,(H,31,32). The van der Waals surface area contributed by atoms with E-state index >= 15 is 0 Å². The van der Waals surface area contributed by atoms with Gasteiger partial charge in [-0.15, -0.1) is 0 Å². The average molecular weight is 440 g/mol. The minimum absolute atomic E-state index is 0.109. The first-order valence-electron chi connectivity index (χ1n) is 11.1. The Morgan fingerprint density at radius 1 is 1.06 bits per heavy atom. The third kappa shape index (κ3) is 3.57. The second-order valence-corrected chi connectivity index (χ2v) is 8.43. The van der Waals surface area contributed by atoms with Gasteiger partial charge in [-0.25, -0.2) is 4.79 Å². The van der Waals surface area contributed by atoms with E-state index in [2.05, 4.69) is 10.3 Å². The Labute approximate surface area is 190 Å². The zero-order valence-corrected chi connectivity index (χ0v) is 18.3. The number of amides is 1. The monoisotopic (exact) mass is 440 g/mol. The Hall–Kier alpha value is -3.93. The van der Waals surface area contributed by atoms with Gasteiger partial charge in [-0.1, -0.05) is 61.5 Å². The molecule has 0 bridgehead atoms. The first kappa shape index (κ1) is 20.9. The molecule has 0 atom stereocenters. The highest BCUT2D eigenvalue weighted by molar-refractivity contribution is 5.89. The quantitative estimate of drug-likeness (QED) is 0.413. The molecule has 0 unspecified atom stereocenters. The van der Waals surface area contributed by atoms with Crippen molar-refractivity contribution in [3.05, 3.63) is 88.3 Å². The molecule has 0 aliphatic heterocycles. The highest BCUT2D eigenvalue weighted by Crippen LogP contribution is 2.42. The maximum absolute atomic E-state index is 13.7. The largest absolute Gasteiger partial charge is 0.465 e. The number of hydrogen-bond acceptors (Lipinski definition) is 4. The topological polar surface area (TPSA) is 92.4 Å². The second kappa shape index (κ2) is 8.20. The summed E-state index contributed by atoms with van der Waals surface area (Å²) in [6, 6.07) is 18.9. The van der Waals surface area contributed by atoms with Crippen molar-refractivity contribution in [1.82, 2.24) is 10.3 Å². The van der Waals surface area contributed by atoms with Crippen LogP contribution in [0.5, 0.6) is 0 Å². The molecule has 6 nitrogen and oxygen atoms in total. The van der Waals surface area contributed by atoms with E-state index in [9.17, 15) is 14.7 Å². The van der Waals surface area contributed by atoms with Crippen LogP contribution in [0.15, 0.2) is 76.1 Å². The Bertz CT molecular complexity index is 1390. The van der Waals surface area contributed by atoms with Gasteiger partial charge in [0.15, 0.2) is 5.58 Å². The summed E-state index contributed by atoms with van der Waals surface area (Å²) < 4.78 is 6.37. The zero-order chi connectivity index (χ0) is 23.0. The molecule has 2 heterocycles. The molecule has 1 aliphatic carbocycles. The molecule has 1 amide bonds. The molecule has 1 saturated carbocycles. The average Bonchev–Trinajstić information content (AvgIpc) is 2.81. The molecular weight excluding hydrogens is 416 g/mol. The van der Waals surface area contributed by atoms with Crippen molar-refractivity contribution in [3.63, 3.8) is 0 Å². The first-order chi connectivity index (χ1) is 16.0. The third-order valence-corrected chi connectivity index (χ3v) is 6.53. The maximum Gasteiger partial charge on any atom is 0.405 e. The van der Waals surface area contributed by atoms with Crippen LogP contribution in [0.3, 0.4) is 0 Å². The van der Waals surface area contributed by atoms with Gasteiger partial charge >= 0.3 is 6.09 Å². The highest BCUT2D eigenvalue weighted by Gasteiger charge is 2.40. The molecule has 0 saturated heterocycles. The number of aromatic nitrogens is 1. The van der Waals surface area contributed by atoms with Crippen LogP contribution < -0.4 is 10.7 Å². The van der Waals surface area contributed by atoms with Crippen molar-refractivity contribution in [2.24, 2.45) is 0 Å². The van der Waals surface area contributed by atoms with E-state index in [1.807, 2.05) is 61.5 Å². The molecule has 33 heavy (non-hydrogen) atoms. The molecule has 6 heteroatoms. The molecule has 1 aliphatic rings. The molecule has 2 N–H and O–H groups in total. The lowest BCUT2D eigenvalue weighted by atomic mass is 9.71. The van der Waals surface area contributed by atoms with E-state index in [1.54, 1.807) is 12.3 Å². The lowest BCUT2D eigenvalue weighted by Crippen LogP contribution is -2.50. The predicted molar refractivity (Wildman–Crippen MR) is 127 cm³/mol. The molecule has 0 spiro atoms. The number of nitrogens with zero attached hydrogens (tertiary/aromatic N) is 1. The summed E-state index contributed by atoms with van der Waals surface area (Å²) in [6.45, 7) is 1.98. The fourth-order valence-electron chi connectivity index (χ4n) is 4.66. The third-order valence-electron chi connectivity index (χ3n) is 6.53. The zero-order valence-electron chi connectivity index (χ0n) is 18.3. The van der Waals surface area contributed by atoms with Crippen molar-refractivity contribution < 1.29 is 14.3 Å². The van der Waals surface area contributed by atoms with E-state index in [4.69, 9.17) is 4.42 Å². The molecule has 2 aromatic carbocycles. The number of rotatable bonds is 5. The summed E-state index contributed by atoms with van der Waals surface area (Å²) in [5, 5.41) is 12.5. The van der Waals surface area contributed by atoms with E-state index in [-0.39, 0.29) is 5.43 Å². The van der Waals surface area contributed by atoms with Gasteiger partial charge in [-0.3, -0.25) is 9.78 Å². The number of carbonyl (C=O) groups is 1. The molecule has 2 aromatic heterocycles. The minimum Gasteiger partial charge on any atom is -0.465 e. The van der Waals surface area contributed by atoms with Crippen LogP contribution >= 0.6 is 0 Å². The number of aryl methyl sites for hydroxylation is 1. The van der Waals surface area contributed by atoms with Crippen LogP contribution in [0, 0.1) is 0 Å².